The van der Waals surface area contributed by atoms with Crippen molar-refractivity contribution in [3.8, 4) is 5.75 Å². The van der Waals surface area contributed by atoms with Gasteiger partial charge in [-0.15, -0.1) is 11.3 Å². The van der Waals surface area contributed by atoms with E-state index in [1.165, 1.54) is 0 Å². The van der Waals surface area contributed by atoms with Crippen molar-refractivity contribution in [1.29, 1.82) is 0 Å². The summed E-state index contributed by atoms with van der Waals surface area (Å²) in [6, 6.07) is 7.71. The van der Waals surface area contributed by atoms with Crippen LogP contribution in [0.3, 0.4) is 0 Å². The lowest BCUT2D eigenvalue weighted by atomic mass is 10.2. The fourth-order valence-electron chi connectivity index (χ4n) is 2.57. The van der Waals surface area contributed by atoms with Gasteiger partial charge in [0.15, 0.2) is 0 Å². The van der Waals surface area contributed by atoms with E-state index >= 15 is 0 Å². The van der Waals surface area contributed by atoms with Crippen molar-refractivity contribution in [1.82, 2.24) is 9.88 Å². The average molecular weight is 349 g/mol. The van der Waals surface area contributed by atoms with Gasteiger partial charge in [-0.3, -0.25) is 4.79 Å². The van der Waals surface area contributed by atoms with Crippen LogP contribution in [-0.4, -0.2) is 47.5 Å². The first-order valence-electron chi connectivity index (χ1n) is 7.43. The van der Waals surface area contributed by atoms with Gasteiger partial charge in [0.1, 0.15) is 10.8 Å². The van der Waals surface area contributed by atoms with E-state index < -0.39 is 0 Å². The predicted octanol–water partition coefficient (Wildman–Crippen LogP) is 2.88. The number of methoxy groups -OCH3 is 1. The number of ether oxygens (including phenoxy) is 1. The highest BCUT2D eigenvalue weighted by atomic mass is 32.2. The van der Waals surface area contributed by atoms with E-state index in [1.54, 1.807) is 24.6 Å². The smallest absolute Gasteiger partial charge is 0.242 e. The summed E-state index contributed by atoms with van der Waals surface area (Å²) in [5.41, 5.74) is 0.834. The van der Waals surface area contributed by atoms with Crippen LogP contribution in [0.1, 0.15) is 11.0 Å². The van der Waals surface area contributed by atoms with E-state index in [-0.39, 0.29) is 18.5 Å². The standard InChI is InChI=1S/C16H19N3O2S2/c1-21-14-5-3-2-4-12(14)18-10-15(20)19-7-9-22-11-13(19)16-17-6-8-23-16/h2-6,8,13,18H,7,9-11H2,1H3. The molecule has 1 aromatic carbocycles. The molecule has 0 radical (unpaired) electrons. The maximum Gasteiger partial charge on any atom is 0.242 e. The fourth-order valence-corrected chi connectivity index (χ4v) is 4.48. The minimum atomic E-state index is 0.0840. The van der Waals surface area contributed by atoms with Crippen LogP contribution in [0, 0.1) is 0 Å². The molecule has 7 heteroatoms. The van der Waals surface area contributed by atoms with Gasteiger partial charge in [-0.1, -0.05) is 12.1 Å². The monoisotopic (exact) mass is 349 g/mol. The topological polar surface area (TPSA) is 54.5 Å². The second kappa shape index (κ2) is 7.70. The Morgan fingerprint density at radius 1 is 1.48 bits per heavy atom. The van der Waals surface area contributed by atoms with E-state index in [2.05, 4.69) is 10.3 Å². The Morgan fingerprint density at radius 3 is 3.13 bits per heavy atom. The van der Waals surface area contributed by atoms with Gasteiger partial charge in [0.25, 0.3) is 0 Å². The zero-order valence-electron chi connectivity index (χ0n) is 12.9. The van der Waals surface area contributed by atoms with E-state index in [9.17, 15) is 4.79 Å². The van der Waals surface area contributed by atoms with Crippen LogP contribution in [0.25, 0.3) is 0 Å². The first-order valence-corrected chi connectivity index (χ1v) is 9.46. The van der Waals surface area contributed by atoms with Crippen LogP contribution in [0.4, 0.5) is 5.69 Å². The maximum atomic E-state index is 12.7. The third-order valence-corrected chi connectivity index (χ3v) is 5.62. The minimum absolute atomic E-state index is 0.0840. The molecule has 1 atom stereocenters. The largest absolute Gasteiger partial charge is 0.495 e. The molecule has 1 fully saturated rings. The van der Waals surface area contributed by atoms with E-state index in [1.807, 2.05) is 46.3 Å². The van der Waals surface area contributed by atoms with Crippen LogP contribution < -0.4 is 10.1 Å². The maximum absolute atomic E-state index is 12.7. The summed E-state index contributed by atoms with van der Waals surface area (Å²) in [4.78, 5) is 19.0. The van der Waals surface area contributed by atoms with Crippen molar-refractivity contribution in [3.63, 3.8) is 0 Å². The number of benzene rings is 1. The summed E-state index contributed by atoms with van der Waals surface area (Å²) in [7, 11) is 1.63. The molecule has 0 aliphatic carbocycles. The molecule has 1 aromatic heterocycles. The average Bonchev–Trinajstić information content (AvgIpc) is 3.14. The van der Waals surface area contributed by atoms with Gasteiger partial charge in [-0.05, 0) is 12.1 Å². The number of amides is 1. The molecule has 3 rings (SSSR count). The van der Waals surface area contributed by atoms with Gasteiger partial charge < -0.3 is 15.0 Å². The zero-order valence-corrected chi connectivity index (χ0v) is 14.5. The number of rotatable bonds is 5. The zero-order chi connectivity index (χ0) is 16.1. The molecule has 1 aliphatic rings. The van der Waals surface area contributed by atoms with E-state index in [0.717, 1.165) is 34.5 Å². The Morgan fingerprint density at radius 2 is 2.35 bits per heavy atom. The number of hydrogen-bond acceptors (Lipinski definition) is 6. The number of para-hydroxylation sites is 2. The Hall–Kier alpha value is -1.73. The van der Waals surface area contributed by atoms with Gasteiger partial charge in [0, 0.05) is 29.6 Å². The molecule has 1 unspecified atom stereocenters. The number of anilines is 1. The second-order valence-electron chi connectivity index (χ2n) is 5.10. The number of nitrogens with zero attached hydrogens (tertiary/aromatic N) is 2. The molecule has 0 bridgehead atoms. The van der Waals surface area contributed by atoms with E-state index in [0.29, 0.717) is 0 Å². The Kier molecular flexibility index (Phi) is 5.40. The lowest BCUT2D eigenvalue weighted by Gasteiger charge is -2.34. The van der Waals surface area contributed by atoms with Crippen LogP contribution in [-0.2, 0) is 4.79 Å². The fraction of sp³-hybridized carbons (Fsp3) is 0.375. The van der Waals surface area contributed by atoms with E-state index in [4.69, 9.17) is 4.74 Å². The highest BCUT2D eigenvalue weighted by molar-refractivity contribution is 7.99. The Balaban J connectivity index is 1.66. The molecule has 0 spiro atoms. The highest BCUT2D eigenvalue weighted by Gasteiger charge is 2.29. The van der Waals surface area contributed by atoms with Gasteiger partial charge in [-0.2, -0.15) is 11.8 Å². The predicted molar refractivity (Wildman–Crippen MR) is 95.4 cm³/mol. The number of thiazole rings is 1. The van der Waals surface area contributed by atoms with Crippen molar-refractivity contribution < 1.29 is 9.53 Å². The number of aromatic nitrogens is 1. The number of carbonyl (C=O) groups is 1. The molecule has 1 aliphatic heterocycles. The summed E-state index contributed by atoms with van der Waals surface area (Å²) < 4.78 is 5.30. The van der Waals surface area contributed by atoms with Crippen molar-refractivity contribution in [3.05, 3.63) is 40.8 Å². The van der Waals surface area contributed by atoms with Crippen molar-refractivity contribution in [2.75, 3.05) is 37.0 Å². The van der Waals surface area contributed by atoms with Crippen molar-refractivity contribution >= 4 is 34.7 Å². The number of carbonyl (C=O) groups excluding carboxylic acids is 1. The van der Waals surface area contributed by atoms with Crippen LogP contribution in [0.2, 0.25) is 0 Å². The molecule has 23 heavy (non-hydrogen) atoms. The highest BCUT2D eigenvalue weighted by Crippen LogP contribution is 2.31. The Bertz CT molecular complexity index is 649. The summed E-state index contributed by atoms with van der Waals surface area (Å²) in [6.07, 6.45) is 1.80. The minimum Gasteiger partial charge on any atom is -0.495 e. The second-order valence-corrected chi connectivity index (χ2v) is 7.18. The summed E-state index contributed by atoms with van der Waals surface area (Å²) >= 11 is 3.49. The Labute approximate surface area is 144 Å². The molecule has 122 valence electrons. The molecule has 2 aromatic rings. The summed E-state index contributed by atoms with van der Waals surface area (Å²) in [5, 5.41) is 6.17. The van der Waals surface area contributed by atoms with Crippen LogP contribution >= 0.6 is 23.1 Å². The number of hydrogen-bond donors (Lipinski definition) is 1. The molecular formula is C16H19N3O2S2. The lowest BCUT2D eigenvalue weighted by Crippen LogP contribution is -2.43. The molecule has 1 amide bonds. The van der Waals surface area contributed by atoms with Crippen LogP contribution in [0.5, 0.6) is 5.75 Å². The summed E-state index contributed by atoms with van der Waals surface area (Å²) in [6.45, 7) is 1.02. The lowest BCUT2D eigenvalue weighted by molar-refractivity contribution is -0.131. The quantitative estimate of drug-likeness (QED) is 0.899. The third-order valence-electron chi connectivity index (χ3n) is 3.72. The number of nitrogens with one attached hydrogen (secondary N) is 1. The van der Waals surface area contributed by atoms with Gasteiger partial charge in [-0.25, -0.2) is 4.98 Å². The molecule has 1 saturated heterocycles. The first kappa shape index (κ1) is 16.1. The van der Waals surface area contributed by atoms with Crippen molar-refractivity contribution in [2.24, 2.45) is 0 Å². The molecule has 5 nitrogen and oxygen atoms in total. The normalized spacial score (nSPS) is 17.8. The van der Waals surface area contributed by atoms with Gasteiger partial charge in [0.2, 0.25) is 5.91 Å². The number of thioether (sulfide) groups is 1. The third kappa shape index (κ3) is 3.79. The van der Waals surface area contributed by atoms with Crippen molar-refractivity contribution in [2.45, 2.75) is 6.04 Å². The molecular weight excluding hydrogens is 330 g/mol. The summed E-state index contributed by atoms with van der Waals surface area (Å²) in [5.74, 6) is 2.72. The first-order chi connectivity index (χ1) is 11.3. The SMILES string of the molecule is COc1ccccc1NCC(=O)N1CCSCC1c1nccs1. The van der Waals surface area contributed by atoms with Gasteiger partial charge >= 0.3 is 0 Å². The van der Waals surface area contributed by atoms with Gasteiger partial charge in [0.05, 0.1) is 25.4 Å². The molecule has 0 saturated carbocycles. The van der Waals surface area contributed by atoms with Crippen LogP contribution in [0.15, 0.2) is 35.8 Å². The molecule has 1 N–H and O–H groups in total. The molecule has 2 heterocycles.